The minimum absolute atomic E-state index is 0.0263. The second-order valence-electron chi connectivity index (χ2n) is 3.88. The molecule has 0 saturated heterocycles. The van der Waals surface area contributed by atoms with Crippen LogP contribution in [0.3, 0.4) is 0 Å². The Morgan fingerprint density at radius 1 is 1.69 bits per heavy atom. The van der Waals surface area contributed by atoms with Gasteiger partial charge >= 0.3 is 0 Å². The molecule has 0 bridgehead atoms. The van der Waals surface area contributed by atoms with Crippen LogP contribution in [0.15, 0.2) is 15.9 Å². The Morgan fingerprint density at radius 2 is 2.38 bits per heavy atom. The van der Waals surface area contributed by atoms with E-state index >= 15 is 0 Å². The van der Waals surface area contributed by atoms with Crippen molar-refractivity contribution in [1.82, 2.24) is 10.2 Å². The first-order valence-electron chi connectivity index (χ1n) is 5.17. The highest BCUT2D eigenvalue weighted by Crippen LogP contribution is 2.21. The molecule has 0 aliphatic rings. The lowest BCUT2D eigenvalue weighted by atomic mass is 10.1. The predicted molar refractivity (Wildman–Crippen MR) is 71.6 cm³/mol. The largest absolute Gasteiger partial charge is 0.340 e. The van der Waals surface area contributed by atoms with E-state index in [1.807, 2.05) is 26.4 Å². The Hall–Kier alpha value is -0.390. The molecule has 16 heavy (non-hydrogen) atoms. The summed E-state index contributed by atoms with van der Waals surface area (Å²) in [6.07, 6.45) is 0. The molecule has 1 unspecified atom stereocenters. The maximum atomic E-state index is 11.9. The van der Waals surface area contributed by atoms with Gasteiger partial charge in [0, 0.05) is 34.2 Å². The highest BCUT2D eigenvalue weighted by molar-refractivity contribution is 9.10. The summed E-state index contributed by atoms with van der Waals surface area (Å²) in [5.41, 5.74) is 0. The third-order valence-corrected chi connectivity index (χ3v) is 4.01. The number of nitrogens with zero attached hydrogens (tertiary/aromatic N) is 1. The molecule has 0 aliphatic heterocycles. The van der Waals surface area contributed by atoms with Crippen LogP contribution in [0.1, 0.15) is 11.8 Å². The van der Waals surface area contributed by atoms with E-state index in [0.717, 1.165) is 11.0 Å². The van der Waals surface area contributed by atoms with Gasteiger partial charge in [0.05, 0.1) is 6.54 Å². The molecule has 1 aromatic heterocycles. The monoisotopic (exact) mass is 304 g/mol. The third kappa shape index (κ3) is 3.88. The van der Waals surface area contributed by atoms with E-state index in [1.165, 1.54) is 4.88 Å². The summed E-state index contributed by atoms with van der Waals surface area (Å²) in [7, 11) is 3.71. The zero-order valence-corrected chi connectivity index (χ0v) is 12.2. The van der Waals surface area contributed by atoms with Crippen LogP contribution in [-0.4, -0.2) is 31.4 Å². The molecule has 0 aliphatic carbocycles. The van der Waals surface area contributed by atoms with Gasteiger partial charge in [-0.1, -0.05) is 6.92 Å². The minimum Gasteiger partial charge on any atom is -0.340 e. The standard InChI is InChI=1S/C11H17BrN2OS/c1-8(5-13-2)11(15)14(3)6-10-4-9(12)7-16-10/h4,7-8,13H,5-6H2,1-3H3. The van der Waals surface area contributed by atoms with Crippen LogP contribution in [0, 0.1) is 5.92 Å². The van der Waals surface area contributed by atoms with E-state index in [4.69, 9.17) is 0 Å². The van der Waals surface area contributed by atoms with Crippen molar-refractivity contribution in [3.05, 3.63) is 20.8 Å². The second kappa shape index (κ2) is 6.37. The van der Waals surface area contributed by atoms with Crippen molar-refractivity contribution in [2.45, 2.75) is 13.5 Å². The molecule has 1 aromatic rings. The summed E-state index contributed by atoms with van der Waals surface area (Å²) in [5.74, 6) is 0.206. The van der Waals surface area contributed by atoms with Gasteiger partial charge in [-0.3, -0.25) is 4.79 Å². The fourth-order valence-electron chi connectivity index (χ4n) is 1.52. The number of nitrogens with one attached hydrogen (secondary N) is 1. The van der Waals surface area contributed by atoms with Crippen LogP contribution in [0.5, 0.6) is 0 Å². The van der Waals surface area contributed by atoms with Crippen LogP contribution < -0.4 is 5.32 Å². The lowest BCUT2D eigenvalue weighted by Crippen LogP contribution is -2.35. The Balaban J connectivity index is 2.51. The molecule has 1 amide bonds. The van der Waals surface area contributed by atoms with Crippen molar-refractivity contribution in [3.8, 4) is 0 Å². The lowest BCUT2D eigenvalue weighted by molar-refractivity contribution is -0.134. The van der Waals surface area contributed by atoms with Crippen molar-refractivity contribution >= 4 is 33.2 Å². The second-order valence-corrected chi connectivity index (χ2v) is 5.80. The maximum Gasteiger partial charge on any atom is 0.226 e. The quantitative estimate of drug-likeness (QED) is 0.905. The van der Waals surface area contributed by atoms with Gasteiger partial charge < -0.3 is 10.2 Å². The van der Waals surface area contributed by atoms with Crippen LogP contribution in [0.2, 0.25) is 0 Å². The van der Waals surface area contributed by atoms with Crippen LogP contribution >= 0.6 is 27.3 Å². The molecule has 0 radical (unpaired) electrons. The Bertz CT molecular complexity index is 354. The molecule has 1 heterocycles. The van der Waals surface area contributed by atoms with E-state index in [2.05, 4.69) is 27.3 Å². The summed E-state index contributed by atoms with van der Waals surface area (Å²) in [4.78, 5) is 14.9. The van der Waals surface area contributed by atoms with E-state index in [-0.39, 0.29) is 11.8 Å². The number of thiophene rings is 1. The zero-order valence-electron chi connectivity index (χ0n) is 9.79. The number of hydrogen-bond acceptors (Lipinski definition) is 3. The van der Waals surface area contributed by atoms with Crippen molar-refractivity contribution in [2.24, 2.45) is 5.92 Å². The number of hydrogen-bond donors (Lipinski definition) is 1. The van der Waals surface area contributed by atoms with Crippen LogP contribution in [0.25, 0.3) is 0 Å². The smallest absolute Gasteiger partial charge is 0.226 e. The molecule has 5 heteroatoms. The van der Waals surface area contributed by atoms with Gasteiger partial charge in [-0.2, -0.15) is 0 Å². The predicted octanol–water partition coefficient (Wildman–Crippen LogP) is 2.32. The topological polar surface area (TPSA) is 32.3 Å². The summed E-state index contributed by atoms with van der Waals surface area (Å²) in [6.45, 7) is 3.35. The van der Waals surface area contributed by atoms with Gasteiger partial charge in [0.2, 0.25) is 5.91 Å². The molecular weight excluding hydrogens is 288 g/mol. The first-order valence-corrected chi connectivity index (χ1v) is 6.84. The van der Waals surface area contributed by atoms with Gasteiger partial charge in [-0.05, 0) is 29.0 Å². The molecular formula is C11H17BrN2OS. The molecule has 3 nitrogen and oxygen atoms in total. The minimum atomic E-state index is 0.0263. The van der Waals surface area contributed by atoms with Crippen LogP contribution in [-0.2, 0) is 11.3 Å². The summed E-state index contributed by atoms with van der Waals surface area (Å²) in [6, 6.07) is 2.05. The first-order chi connectivity index (χ1) is 7.54. The number of halogens is 1. The molecule has 0 aromatic carbocycles. The van der Waals surface area contributed by atoms with Gasteiger partial charge in [0.25, 0.3) is 0 Å². The van der Waals surface area contributed by atoms with Gasteiger partial charge in [-0.25, -0.2) is 0 Å². The summed E-state index contributed by atoms with van der Waals surface area (Å²) < 4.78 is 1.08. The van der Waals surface area contributed by atoms with Gasteiger partial charge in [-0.15, -0.1) is 11.3 Å². The van der Waals surface area contributed by atoms with Crippen molar-refractivity contribution < 1.29 is 4.79 Å². The molecule has 1 rings (SSSR count). The van der Waals surface area contributed by atoms with E-state index < -0.39 is 0 Å². The highest BCUT2D eigenvalue weighted by atomic mass is 79.9. The van der Waals surface area contributed by atoms with Crippen LogP contribution in [0.4, 0.5) is 0 Å². The van der Waals surface area contributed by atoms with E-state index in [1.54, 1.807) is 16.2 Å². The zero-order chi connectivity index (χ0) is 12.1. The van der Waals surface area contributed by atoms with Gasteiger partial charge in [0.1, 0.15) is 0 Å². The Labute approximate surface area is 109 Å². The average molecular weight is 305 g/mol. The number of carbonyl (C=O) groups is 1. The average Bonchev–Trinajstić information content (AvgIpc) is 2.63. The fraction of sp³-hybridized carbons (Fsp3) is 0.545. The molecule has 1 N–H and O–H groups in total. The highest BCUT2D eigenvalue weighted by Gasteiger charge is 2.17. The first kappa shape index (κ1) is 13.7. The number of amides is 1. The SMILES string of the molecule is CNCC(C)C(=O)N(C)Cc1cc(Br)cs1. The van der Waals surface area contributed by atoms with Crippen molar-refractivity contribution in [2.75, 3.05) is 20.6 Å². The molecule has 0 saturated carbocycles. The molecule has 90 valence electrons. The lowest BCUT2D eigenvalue weighted by Gasteiger charge is -2.20. The van der Waals surface area contributed by atoms with E-state index in [0.29, 0.717) is 6.54 Å². The summed E-state index contributed by atoms with van der Waals surface area (Å²) in [5, 5.41) is 5.05. The molecule has 0 fully saturated rings. The Morgan fingerprint density at radius 3 is 2.88 bits per heavy atom. The van der Waals surface area contributed by atoms with E-state index in [9.17, 15) is 4.79 Å². The normalized spacial score (nSPS) is 12.5. The maximum absolute atomic E-state index is 11.9. The fourth-order valence-corrected chi connectivity index (χ4v) is 3.02. The molecule has 1 atom stereocenters. The molecule has 0 spiro atoms. The third-order valence-electron chi connectivity index (χ3n) is 2.32. The van der Waals surface area contributed by atoms with Crippen molar-refractivity contribution in [3.63, 3.8) is 0 Å². The number of rotatable bonds is 5. The van der Waals surface area contributed by atoms with Gasteiger partial charge in [0.15, 0.2) is 0 Å². The summed E-state index contributed by atoms with van der Waals surface area (Å²) >= 11 is 5.07. The number of carbonyl (C=O) groups excluding carboxylic acids is 1. The van der Waals surface area contributed by atoms with Crippen molar-refractivity contribution in [1.29, 1.82) is 0 Å². The Kier molecular flexibility index (Phi) is 5.44.